The fourth-order valence-corrected chi connectivity index (χ4v) is 5.76. The van der Waals surface area contributed by atoms with Gasteiger partial charge in [0.05, 0.1) is 43.3 Å². The van der Waals surface area contributed by atoms with Gasteiger partial charge in [-0.05, 0) is 49.9 Å². The number of benzene rings is 2. The smallest absolute Gasteiger partial charge is 0.124 e. The van der Waals surface area contributed by atoms with Crippen molar-refractivity contribution in [3.63, 3.8) is 0 Å². The maximum absolute atomic E-state index is 6.19. The van der Waals surface area contributed by atoms with Crippen molar-refractivity contribution in [1.29, 1.82) is 0 Å². The van der Waals surface area contributed by atoms with Crippen molar-refractivity contribution in [2.45, 2.75) is 31.8 Å². The van der Waals surface area contributed by atoms with Crippen LogP contribution in [-0.4, -0.2) is 84.3 Å². The minimum absolute atomic E-state index is 0.246. The summed E-state index contributed by atoms with van der Waals surface area (Å²) >= 11 is 0. The molecule has 216 valence electrons. The van der Waals surface area contributed by atoms with Crippen LogP contribution < -0.4 is 20.1 Å². The number of hydrogen-bond donors (Lipinski definition) is 1. The van der Waals surface area contributed by atoms with Crippen LogP contribution in [0.3, 0.4) is 0 Å². The number of methoxy groups -OCH3 is 2. The second kappa shape index (κ2) is 12.4. The number of nitrogens with two attached hydrogens (primary N) is 1. The predicted octanol–water partition coefficient (Wildman–Crippen LogP) is 4.11. The SMILES string of the molecule is COc1cc(OC)cc(N(CCN2CCC(N)C2)c2ccc3ncc(-c4cnn(CC5CCOCC5)c4)nc3c2)c1. The zero-order chi connectivity index (χ0) is 28.2. The molecule has 1 unspecified atom stereocenters. The first kappa shape index (κ1) is 27.4. The topological polar surface area (TPSA) is 104 Å². The number of nitrogens with zero attached hydrogens (tertiary/aromatic N) is 6. The molecule has 10 heteroatoms. The largest absolute Gasteiger partial charge is 0.497 e. The molecule has 0 spiro atoms. The highest BCUT2D eigenvalue weighted by atomic mass is 16.5. The van der Waals surface area contributed by atoms with E-state index in [1.807, 2.05) is 41.3 Å². The fourth-order valence-electron chi connectivity index (χ4n) is 5.76. The molecule has 0 saturated carbocycles. The number of likely N-dealkylation sites (tertiary alicyclic amines) is 1. The molecule has 2 saturated heterocycles. The lowest BCUT2D eigenvalue weighted by molar-refractivity contribution is 0.0601. The summed E-state index contributed by atoms with van der Waals surface area (Å²) in [5.41, 5.74) is 11.7. The Balaban J connectivity index is 1.29. The van der Waals surface area contributed by atoms with E-state index >= 15 is 0 Å². The zero-order valence-electron chi connectivity index (χ0n) is 23.9. The van der Waals surface area contributed by atoms with Crippen LogP contribution in [0.15, 0.2) is 55.0 Å². The second-order valence-corrected chi connectivity index (χ2v) is 11.0. The van der Waals surface area contributed by atoms with E-state index in [0.29, 0.717) is 5.92 Å². The quantitative estimate of drug-likeness (QED) is 0.309. The van der Waals surface area contributed by atoms with E-state index in [0.717, 1.165) is 110 Å². The molecule has 41 heavy (non-hydrogen) atoms. The maximum atomic E-state index is 6.19. The molecule has 2 fully saturated rings. The molecule has 4 heterocycles. The summed E-state index contributed by atoms with van der Waals surface area (Å²) in [6.07, 6.45) is 8.98. The van der Waals surface area contributed by atoms with Gasteiger partial charge in [0.15, 0.2) is 0 Å². The van der Waals surface area contributed by atoms with E-state index in [-0.39, 0.29) is 6.04 Å². The maximum Gasteiger partial charge on any atom is 0.124 e. The van der Waals surface area contributed by atoms with Crippen LogP contribution in [0.2, 0.25) is 0 Å². The van der Waals surface area contributed by atoms with Crippen molar-refractivity contribution in [3.05, 3.63) is 55.0 Å². The first-order valence-electron chi connectivity index (χ1n) is 14.4. The average molecular weight is 558 g/mol. The highest BCUT2D eigenvalue weighted by molar-refractivity contribution is 5.82. The van der Waals surface area contributed by atoms with Crippen LogP contribution in [0.25, 0.3) is 22.3 Å². The normalized spacial score (nSPS) is 18.2. The molecule has 0 bridgehead atoms. The molecular formula is C31H39N7O3. The van der Waals surface area contributed by atoms with Gasteiger partial charge in [0.1, 0.15) is 11.5 Å². The summed E-state index contributed by atoms with van der Waals surface area (Å²) in [6, 6.07) is 12.5. The van der Waals surface area contributed by atoms with Gasteiger partial charge in [-0.25, -0.2) is 4.98 Å². The summed E-state index contributed by atoms with van der Waals surface area (Å²) in [4.78, 5) is 14.5. The molecule has 2 aromatic carbocycles. The molecule has 0 radical (unpaired) electrons. The Morgan fingerprint density at radius 1 is 0.976 bits per heavy atom. The van der Waals surface area contributed by atoms with Crippen molar-refractivity contribution < 1.29 is 14.2 Å². The Bertz CT molecular complexity index is 1450. The van der Waals surface area contributed by atoms with E-state index in [9.17, 15) is 0 Å². The minimum atomic E-state index is 0.246. The summed E-state index contributed by atoms with van der Waals surface area (Å²) < 4.78 is 18.7. The standard InChI is InChI=1S/C31H39N7O3/c1-39-27-13-26(14-28(16-27)40-2)38(10-9-36-8-5-24(32)21-36)25-3-4-29-30(15-25)35-31(18-33-29)23-17-34-37(20-23)19-22-6-11-41-12-7-22/h3-4,13-18,20,22,24H,5-12,19,21,32H2,1-2H3. The number of ether oxygens (including phenoxy) is 3. The van der Waals surface area contributed by atoms with E-state index in [1.165, 1.54) is 0 Å². The van der Waals surface area contributed by atoms with Crippen molar-refractivity contribution >= 4 is 22.4 Å². The number of rotatable bonds is 10. The van der Waals surface area contributed by atoms with Crippen LogP contribution in [0.5, 0.6) is 11.5 Å². The second-order valence-electron chi connectivity index (χ2n) is 11.0. The first-order chi connectivity index (χ1) is 20.1. The van der Waals surface area contributed by atoms with Crippen LogP contribution in [0.4, 0.5) is 11.4 Å². The van der Waals surface area contributed by atoms with Gasteiger partial charge in [0.25, 0.3) is 0 Å². The van der Waals surface area contributed by atoms with Gasteiger partial charge in [-0.1, -0.05) is 0 Å². The van der Waals surface area contributed by atoms with Crippen LogP contribution in [0.1, 0.15) is 19.3 Å². The van der Waals surface area contributed by atoms with E-state index < -0.39 is 0 Å². The molecule has 2 N–H and O–H groups in total. The van der Waals surface area contributed by atoms with E-state index in [4.69, 9.17) is 29.9 Å². The van der Waals surface area contributed by atoms with E-state index in [2.05, 4.69) is 33.2 Å². The summed E-state index contributed by atoms with van der Waals surface area (Å²) in [6.45, 7) is 6.18. The Morgan fingerprint density at radius 2 is 1.78 bits per heavy atom. The molecular weight excluding hydrogens is 518 g/mol. The number of hydrogen-bond acceptors (Lipinski definition) is 9. The number of anilines is 2. The van der Waals surface area contributed by atoms with Crippen LogP contribution in [0, 0.1) is 5.92 Å². The Morgan fingerprint density at radius 3 is 2.51 bits per heavy atom. The van der Waals surface area contributed by atoms with Gasteiger partial charge in [-0.3, -0.25) is 14.6 Å². The van der Waals surface area contributed by atoms with Crippen molar-refractivity contribution in [2.24, 2.45) is 11.7 Å². The highest BCUT2D eigenvalue weighted by Crippen LogP contribution is 2.34. The summed E-state index contributed by atoms with van der Waals surface area (Å²) in [5.74, 6) is 2.08. The predicted molar refractivity (Wildman–Crippen MR) is 160 cm³/mol. The van der Waals surface area contributed by atoms with Crippen molar-refractivity contribution in [2.75, 3.05) is 58.5 Å². The van der Waals surface area contributed by atoms with Crippen LogP contribution in [-0.2, 0) is 11.3 Å². The first-order valence-corrected chi connectivity index (χ1v) is 14.4. The molecule has 0 amide bonds. The van der Waals surface area contributed by atoms with Gasteiger partial charge < -0.3 is 24.8 Å². The van der Waals surface area contributed by atoms with E-state index in [1.54, 1.807) is 14.2 Å². The van der Waals surface area contributed by atoms with Gasteiger partial charge in [-0.2, -0.15) is 5.10 Å². The lowest BCUT2D eigenvalue weighted by Crippen LogP contribution is -2.33. The Labute approximate surface area is 241 Å². The third-order valence-corrected chi connectivity index (χ3v) is 8.15. The minimum Gasteiger partial charge on any atom is -0.497 e. The monoisotopic (exact) mass is 557 g/mol. The fraction of sp³-hybridized carbons (Fsp3) is 0.452. The summed E-state index contributed by atoms with van der Waals surface area (Å²) in [7, 11) is 3.35. The van der Waals surface area contributed by atoms with Gasteiger partial charge >= 0.3 is 0 Å². The zero-order valence-corrected chi connectivity index (χ0v) is 23.9. The molecule has 10 nitrogen and oxygen atoms in total. The van der Waals surface area contributed by atoms with Gasteiger partial charge in [0.2, 0.25) is 0 Å². The van der Waals surface area contributed by atoms with Crippen LogP contribution >= 0.6 is 0 Å². The summed E-state index contributed by atoms with van der Waals surface area (Å²) in [5, 5.41) is 4.61. The van der Waals surface area contributed by atoms with Crippen molar-refractivity contribution in [3.8, 4) is 22.8 Å². The number of fused-ring (bicyclic) bond motifs is 1. The molecule has 2 aliphatic rings. The highest BCUT2D eigenvalue weighted by Gasteiger charge is 2.21. The van der Waals surface area contributed by atoms with Gasteiger partial charge in [-0.15, -0.1) is 0 Å². The molecule has 2 aliphatic heterocycles. The number of aromatic nitrogens is 4. The third-order valence-electron chi connectivity index (χ3n) is 8.15. The molecule has 0 aliphatic carbocycles. The molecule has 1 atom stereocenters. The Kier molecular flexibility index (Phi) is 8.31. The molecule has 6 rings (SSSR count). The molecule has 2 aromatic heterocycles. The van der Waals surface area contributed by atoms with Gasteiger partial charge in [0, 0.05) is 86.8 Å². The lowest BCUT2D eigenvalue weighted by atomic mass is 10.0. The third kappa shape index (κ3) is 6.45. The lowest BCUT2D eigenvalue weighted by Gasteiger charge is -2.28. The average Bonchev–Trinajstić information content (AvgIpc) is 3.65. The molecule has 4 aromatic rings. The van der Waals surface area contributed by atoms with Crippen molar-refractivity contribution in [1.82, 2.24) is 24.6 Å². The Hall–Kier alpha value is -3.73.